The first-order valence-electron chi connectivity index (χ1n) is 7.58. The highest BCUT2D eigenvalue weighted by molar-refractivity contribution is 9.10. The number of ether oxygens (including phenoxy) is 2. The Bertz CT molecular complexity index is 875. The van der Waals surface area contributed by atoms with Gasteiger partial charge in [-0.15, -0.1) is 13.2 Å². The summed E-state index contributed by atoms with van der Waals surface area (Å²) >= 11 is 3.39. The van der Waals surface area contributed by atoms with Crippen LogP contribution in [0, 0.1) is 0 Å². The zero-order valence-corrected chi connectivity index (χ0v) is 15.2. The van der Waals surface area contributed by atoms with Gasteiger partial charge in [-0.25, -0.2) is 4.68 Å². The molecular formula is C18H14BrF3N2O2. The second-order valence-corrected chi connectivity index (χ2v) is 6.39. The van der Waals surface area contributed by atoms with Crippen molar-refractivity contribution in [3.63, 3.8) is 0 Å². The predicted octanol–water partition coefficient (Wildman–Crippen LogP) is 5.33. The Kier molecular flexibility index (Phi) is 5.22. The van der Waals surface area contributed by atoms with E-state index in [-0.39, 0.29) is 12.4 Å². The summed E-state index contributed by atoms with van der Waals surface area (Å²) in [6.07, 6.45) is -4.70. The number of benzene rings is 2. The maximum atomic E-state index is 12.2. The summed E-state index contributed by atoms with van der Waals surface area (Å²) in [6.45, 7) is 0.200. The first kappa shape index (κ1) is 18.3. The lowest BCUT2D eigenvalue weighted by Crippen LogP contribution is -2.17. The van der Waals surface area contributed by atoms with Gasteiger partial charge < -0.3 is 9.47 Å². The summed E-state index contributed by atoms with van der Waals surface area (Å²) in [5.74, 6) is 0.290. The summed E-state index contributed by atoms with van der Waals surface area (Å²) < 4.78 is 48.6. The number of hydrogen-bond donors (Lipinski definition) is 0. The van der Waals surface area contributed by atoms with Gasteiger partial charge in [-0.05, 0) is 29.8 Å². The van der Waals surface area contributed by atoms with Crippen LogP contribution in [0.5, 0.6) is 11.6 Å². The molecule has 0 aliphatic heterocycles. The lowest BCUT2D eigenvalue weighted by molar-refractivity contribution is -0.274. The van der Waals surface area contributed by atoms with Gasteiger partial charge in [-0.3, -0.25) is 0 Å². The molecule has 0 N–H and O–H groups in total. The van der Waals surface area contributed by atoms with E-state index in [1.165, 1.54) is 24.3 Å². The molecular weight excluding hydrogens is 413 g/mol. The smallest absolute Gasteiger partial charge is 0.473 e. The van der Waals surface area contributed by atoms with E-state index in [1.807, 2.05) is 30.3 Å². The van der Waals surface area contributed by atoms with E-state index in [9.17, 15) is 13.2 Å². The minimum atomic E-state index is -4.70. The lowest BCUT2D eigenvalue weighted by Gasteiger charge is -2.10. The maximum Gasteiger partial charge on any atom is 0.573 e. The van der Waals surface area contributed by atoms with E-state index in [4.69, 9.17) is 4.74 Å². The number of aryl methyl sites for hydroxylation is 1. The maximum absolute atomic E-state index is 12.2. The van der Waals surface area contributed by atoms with Crippen molar-refractivity contribution in [2.24, 2.45) is 7.05 Å². The third-order valence-corrected chi connectivity index (χ3v) is 4.05. The number of aromatic nitrogens is 2. The molecule has 0 amide bonds. The number of hydrogen-bond acceptors (Lipinski definition) is 3. The van der Waals surface area contributed by atoms with Crippen LogP contribution in [-0.2, 0) is 13.7 Å². The van der Waals surface area contributed by atoms with Gasteiger partial charge >= 0.3 is 6.36 Å². The standard InChI is InChI=1S/C18H14BrF3N2O2/c1-24-17(10-16(23-24)13-4-6-14(19)7-5-13)25-11-12-2-8-15(9-3-12)26-18(20,21)22/h2-10H,11H2,1H3. The van der Waals surface area contributed by atoms with Crippen LogP contribution >= 0.6 is 15.9 Å². The summed E-state index contributed by atoms with van der Waals surface area (Å²) in [5.41, 5.74) is 2.43. The minimum absolute atomic E-state index is 0.200. The van der Waals surface area contributed by atoms with Gasteiger partial charge in [0.1, 0.15) is 12.4 Å². The summed E-state index contributed by atoms with van der Waals surface area (Å²) in [6, 6.07) is 15.1. The van der Waals surface area contributed by atoms with Crippen molar-refractivity contribution in [1.82, 2.24) is 9.78 Å². The first-order chi connectivity index (χ1) is 12.3. The van der Waals surface area contributed by atoms with E-state index in [0.717, 1.165) is 15.7 Å². The Labute approximate surface area is 156 Å². The van der Waals surface area contributed by atoms with Gasteiger partial charge in [0.15, 0.2) is 0 Å². The molecule has 0 unspecified atom stereocenters. The molecule has 136 valence electrons. The molecule has 0 radical (unpaired) electrons. The molecule has 0 fully saturated rings. The molecule has 0 atom stereocenters. The monoisotopic (exact) mass is 426 g/mol. The summed E-state index contributed by atoms with van der Waals surface area (Å²) in [7, 11) is 1.76. The van der Waals surface area contributed by atoms with Crippen molar-refractivity contribution in [3.8, 4) is 22.9 Å². The molecule has 0 saturated carbocycles. The Hall–Kier alpha value is -2.48. The van der Waals surface area contributed by atoms with Crippen LogP contribution in [0.3, 0.4) is 0 Å². The van der Waals surface area contributed by atoms with Gasteiger partial charge in [0, 0.05) is 23.2 Å². The zero-order valence-electron chi connectivity index (χ0n) is 13.6. The molecule has 0 saturated heterocycles. The van der Waals surface area contributed by atoms with Crippen LogP contribution in [0.25, 0.3) is 11.3 Å². The third kappa shape index (κ3) is 4.78. The fourth-order valence-corrected chi connectivity index (χ4v) is 2.56. The fourth-order valence-electron chi connectivity index (χ4n) is 2.29. The van der Waals surface area contributed by atoms with Gasteiger partial charge in [0.2, 0.25) is 5.88 Å². The van der Waals surface area contributed by atoms with Crippen molar-refractivity contribution in [2.45, 2.75) is 13.0 Å². The number of alkyl halides is 3. The van der Waals surface area contributed by atoms with E-state index in [0.29, 0.717) is 11.4 Å². The highest BCUT2D eigenvalue weighted by atomic mass is 79.9. The second-order valence-electron chi connectivity index (χ2n) is 5.48. The van der Waals surface area contributed by atoms with Crippen LogP contribution in [0.1, 0.15) is 5.56 Å². The number of nitrogens with zero attached hydrogens (tertiary/aromatic N) is 2. The van der Waals surface area contributed by atoms with Crippen molar-refractivity contribution in [1.29, 1.82) is 0 Å². The molecule has 3 rings (SSSR count). The average molecular weight is 427 g/mol. The quantitative estimate of drug-likeness (QED) is 0.553. The van der Waals surface area contributed by atoms with Gasteiger partial charge in [0.05, 0.1) is 5.69 Å². The Morgan fingerprint density at radius 3 is 2.31 bits per heavy atom. The number of halogens is 4. The van der Waals surface area contributed by atoms with Crippen LogP contribution in [0.4, 0.5) is 13.2 Å². The molecule has 1 heterocycles. The summed E-state index contributed by atoms with van der Waals surface area (Å²) in [5, 5.41) is 4.41. The molecule has 26 heavy (non-hydrogen) atoms. The van der Waals surface area contributed by atoms with Crippen molar-refractivity contribution in [2.75, 3.05) is 0 Å². The third-order valence-electron chi connectivity index (χ3n) is 3.52. The van der Waals surface area contributed by atoms with Gasteiger partial charge in [0.25, 0.3) is 0 Å². The van der Waals surface area contributed by atoms with E-state index < -0.39 is 6.36 Å². The van der Waals surface area contributed by atoms with Crippen molar-refractivity contribution >= 4 is 15.9 Å². The molecule has 4 nitrogen and oxygen atoms in total. The Morgan fingerprint density at radius 2 is 1.69 bits per heavy atom. The lowest BCUT2D eigenvalue weighted by atomic mass is 10.2. The van der Waals surface area contributed by atoms with Gasteiger partial charge in [-0.1, -0.05) is 40.2 Å². The Balaban J connectivity index is 1.65. The summed E-state index contributed by atoms with van der Waals surface area (Å²) in [4.78, 5) is 0. The molecule has 0 aliphatic carbocycles. The topological polar surface area (TPSA) is 36.3 Å². The highest BCUT2D eigenvalue weighted by Gasteiger charge is 2.30. The average Bonchev–Trinajstić information content (AvgIpc) is 2.94. The van der Waals surface area contributed by atoms with Crippen LogP contribution in [0.15, 0.2) is 59.1 Å². The molecule has 0 aliphatic rings. The first-order valence-corrected chi connectivity index (χ1v) is 8.37. The fraction of sp³-hybridized carbons (Fsp3) is 0.167. The SMILES string of the molecule is Cn1nc(-c2ccc(Br)cc2)cc1OCc1ccc(OC(F)(F)F)cc1. The highest BCUT2D eigenvalue weighted by Crippen LogP contribution is 2.26. The minimum Gasteiger partial charge on any atom is -0.473 e. The van der Waals surface area contributed by atoms with E-state index in [2.05, 4.69) is 25.8 Å². The molecule has 0 bridgehead atoms. The normalized spacial score (nSPS) is 11.4. The van der Waals surface area contributed by atoms with Crippen LogP contribution in [-0.4, -0.2) is 16.1 Å². The second kappa shape index (κ2) is 7.41. The molecule has 2 aromatic carbocycles. The molecule has 0 spiro atoms. The Morgan fingerprint density at radius 1 is 1.04 bits per heavy atom. The van der Waals surface area contributed by atoms with Crippen LogP contribution in [0.2, 0.25) is 0 Å². The molecule has 8 heteroatoms. The van der Waals surface area contributed by atoms with E-state index in [1.54, 1.807) is 11.7 Å². The van der Waals surface area contributed by atoms with Crippen molar-refractivity contribution < 1.29 is 22.6 Å². The van der Waals surface area contributed by atoms with Gasteiger partial charge in [-0.2, -0.15) is 5.10 Å². The number of rotatable bonds is 5. The van der Waals surface area contributed by atoms with Crippen LogP contribution < -0.4 is 9.47 Å². The zero-order chi connectivity index (χ0) is 18.7. The van der Waals surface area contributed by atoms with Crippen molar-refractivity contribution in [3.05, 3.63) is 64.6 Å². The largest absolute Gasteiger partial charge is 0.573 e. The molecule has 3 aromatic rings. The predicted molar refractivity (Wildman–Crippen MR) is 93.8 cm³/mol. The molecule has 1 aromatic heterocycles. The van der Waals surface area contributed by atoms with E-state index >= 15 is 0 Å².